The monoisotopic (exact) mass is 503 g/mol. The maximum Gasteiger partial charge on any atom is 0.427 e. The van der Waals surface area contributed by atoms with Crippen molar-refractivity contribution in [3.63, 3.8) is 0 Å². The zero-order chi connectivity index (χ0) is 25.5. The Labute approximate surface area is 196 Å². The molecular weight excluding hydrogens is 481 g/mol. The molecule has 0 radical (unpaired) electrons. The van der Waals surface area contributed by atoms with Crippen molar-refractivity contribution in [3.8, 4) is 11.5 Å². The number of alkyl carbamates (subject to hydrolysis) is 1. The van der Waals surface area contributed by atoms with Gasteiger partial charge < -0.3 is 19.4 Å². The summed E-state index contributed by atoms with van der Waals surface area (Å²) in [6.07, 6.45) is -5.16. The van der Waals surface area contributed by atoms with Crippen LogP contribution in [-0.4, -0.2) is 55.9 Å². The van der Waals surface area contributed by atoms with Gasteiger partial charge >= 0.3 is 18.7 Å². The predicted molar refractivity (Wildman–Crippen MR) is 108 cm³/mol. The first kappa shape index (κ1) is 24.8. The number of nitrogens with one attached hydrogen (secondary N) is 1. The predicted octanol–water partition coefficient (Wildman–Crippen LogP) is 4.40. The quantitative estimate of drug-likeness (QED) is 0.602. The van der Waals surface area contributed by atoms with E-state index in [1.807, 2.05) is 0 Å². The van der Waals surface area contributed by atoms with Crippen LogP contribution in [-0.2, 0) is 11.3 Å². The van der Waals surface area contributed by atoms with Crippen molar-refractivity contribution in [1.29, 1.82) is 0 Å². The molecule has 2 atom stereocenters. The van der Waals surface area contributed by atoms with Crippen molar-refractivity contribution in [1.82, 2.24) is 25.4 Å². The molecule has 0 saturated heterocycles. The van der Waals surface area contributed by atoms with E-state index in [4.69, 9.17) is 4.42 Å². The number of hydrogen-bond acceptors (Lipinski definition) is 7. The average Bonchev–Trinajstić information content (AvgIpc) is 3.38. The third-order valence-electron chi connectivity index (χ3n) is 6.12. The fourth-order valence-electron chi connectivity index (χ4n) is 4.14. The summed E-state index contributed by atoms with van der Waals surface area (Å²) in [4.78, 5) is 31.2. The van der Waals surface area contributed by atoms with Crippen LogP contribution >= 0.6 is 0 Å². The second kappa shape index (κ2) is 9.04. The number of aromatic nitrogens is 3. The maximum absolute atomic E-state index is 13.2. The smallest absolute Gasteiger partial charge is 0.427 e. The van der Waals surface area contributed by atoms with Crippen LogP contribution in [0.1, 0.15) is 67.9 Å². The second-order valence-electron chi connectivity index (χ2n) is 8.90. The molecule has 2 aliphatic rings. The van der Waals surface area contributed by atoms with Crippen LogP contribution in [0.5, 0.6) is 0 Å². The molecule has 2 aromatic rings. The van der Waals surface area contributed by atoms with E-state index in [1.165, 1.54) is 17.2 Å². The van der Waals surface area contributed by atoms with Gasteiger partial charge in [-0.1, -0.05) is 12.8 Å². The highest BCUT2D eigenvalue weighted by Crippen LogP contribution is 2.35. The molecule has 0 bridgehead atoms. The molecular formula is C21H22F5N5O4. The molecule has 35 heavy (non-hydrogen) atoms. The summed E-state index contributed by atoms with van der Waals surface area (Å²) >= 11 is 0. The maximum atomic E-state index is 13.2. The molecule has 190 valence electrons. The number of halogens is 5. The summed E-state index contributed by atoms with van der Waals surface area (Å²) in [5, 5.41) is 9.31. The minimum Gasteiger partial charge on any atom is -0.434 e. The number of alkyl halides is 5. The Bertz CT molecular complexity index is 1120. The number of rotatable bonds is 5. The molecule has 9 nitrogen and oxygen atoms in total. The fraction of sp³-hybridized carbons (Fsp3) is 0.571. The summed E-state index contributed by atoms with van der Waals surface area (Å²) in [6, 6.07) is 0.297. The number of nitrogens with zero attached hydrogens (tertiary/aromatic N) is 4. The Morgan fingerprint density at radius 2 is 1.94 bits per heavy atom. The van der Waals surface area contributed by atoms with Gasteiger partial charge in [-0.3, -0.25) is 9.78 Å². The first-order chi connectivity index (χ1) is 16.4. The van der Waals surface area contributed by atoms with E-state index >= 15 is 0 Å². The number of carbonyl (C=O) groups excluding carboxylic acids is 2. The molecule has 1 saturated carbocycles. The summed E-state index contributed by atoms with van der Waals surface area (Å²) in [7, 11) is 0. The lowest BCUT2D eigenvalue weighted by Crippen LogP contribution is -2.55. The molecule has 1 N–H and O–H groups in total. The molecule has 0 unspecified atom stereocenters. The zero-order valence-electron chi connectivity index (χ0n) is 18.7. The van der Waals surface area contributed by atoms with Gasteiger partial charge in [0, 0.05) is 6.20 Å². The van der Waals surface area contributed by atoms with E-state index in [1.54, 1.807) is 0 Å². The third kappa shape index (κ3) is 4.91. The first-order valence-electron chi connectivity index (χ1n) is 10.9. The average molecular weight is 503 g/mol. The third-order valence-corrected chi connectivity index (χ3v) is 6.12. The number of fused-ring (bicyclic) bond motifs is 1. The number of amides is 2. The molecule has 3 heterocycles. The molecule has 2 aromatic heterocycles. The number of hydrogen-bond donors (Lipinski definition) is 1. The van der Waals surface area contributed by atoms with E-state index in [0.717, 1.165) is 20.3 Å². The topological polar surface area (TPSA) is 110 Å². The van der Waals surface area contributed by atoms with Crippen LogP contribution in [0.3, 0.4) is 0 Å². The van der Waals surface area contributed by atoms with Gasteiger partial charge in [0.1, 0.15) is 0 Å². The molecule has 1 aliphatic heterocycles. The van der Waals surface area contributed by atoms with Crippen molar-refractivity contribution < 1.29 is 40.7 Å². The SMILES string of the molecule is CC(C)(OC(=O)N[C@@H]1CCCC[C@H]1N1Cc2ncc(-c3nnc(C(F)F)o3)cc2C1=O)C(F)(F)F. The van der Waals surface area contributed by atoms with Crippen LogP contribution in [0.25, 0.3) is 11.5 Å². The molecule has 2 amide bonds. The minimum absolute atomic E-state index is 0.118. The van der Waals surface area contributed by atoms with Gasteiger partial charge in [-0.2, -0.15) is 22.0 Å². The largest absolute Gasteiger partial charge is 0.434 e. The van der Waals surface area contributed by atoms with E-state index in [2.05, 4.69) is 25.2 Å². The van der Waals surface area contributed by atoms with Crippen LogP contribution in [0.15, 0.2) is 16.7 Å². The Balaban J connectivity index is 1.49. The van der Waals surface area contributed by atoms with Gasteiger partial charge in [0.25, 0.3) is 11.8 Å². The summed E-state index contributed by atoms with van der Waals surface area (Å²) in [5.41, 5.74) is -1.85. The van der Waals surface area contributed by atoms with Crippen LogP contribution < -0.4 is 5.32 Å². The highest BCUT2D eigenvalue weighted by Gasteiger charge is 2.51. The van der Waals surface area contributed by atoms with E-state index in [9.17, 15) is 31.5 Å². The van der Waals surface area contributed by atoms with Crippen molar-refractivity contribution >= 4 is 12.0 Å². The normalized spacial score (nSPS) is 20.8. The molecule has 0 aromatic carbocycles. The molecule has 0 spiro atoms. The molecule has 1 fully saturated rings. The zero-order valence-corrected chi connectivity index (χ0v) is 18.7. The highest BCUT2D eigenvalue weighted by molar-refractivity contribution is 5.99. The number of pyridine rings is 1. The van der Waals surface area contributed by atoms with Gasteiger partial charge in [0.2, 0.25) is 11.5 Å². The van der Waals surface area contributed by atoms with Gasteiger partial charge in [0.15, 0.2) is 0 Å². The Kier molecular flexibility index (Phi) is 6.40. The summed E-state index contributed by atoms with van der Waals surface area (Å²) in [6.45, 7) is 1.62. The standard InChI is InChI=1S/C21H22F5N5O4/c1-20(2,21(24,25)26)35-19(33)28-12-5-3-4-6-14(12)31-9-13-11(18(31)32)7-10(8-27-13)16-29-30-17(34-16)15(22)23/h7-8,12,14-15H,3-6,9H2,1-2H3,(H,28,33)/t12-,14-/m1/s1. The van der Waals surface area contributed by atoms with Gasteiger partial charge in [-0.15, -0.1) is 10.2 Å². The summed E-state index contributed by atoms with van der Waals surface area (Å²) in [5.74, 6) is -1.48. The lowest BCUT2D eigenvalue weighted by Gasteiger charge is -2.38. The van der Waals surface area contributed by atoms with Crippen molar-refractivity contribution in [2.75, 3.05) is 0 Å². The first-order valence-corrected chi connectivity index (χ1v) is 10.9. The Morgan fingerprint density at radius 3 is 2.60 bits per heavy atom. The van der Waals surface area contributed by atoms with Crippen molar-refractivity contribution in [3.05, 3.63) is 29.4 Å². The van der Waals surface area contributed by atoms with Crippen molar-refractivity contribution in [2.45, 2.75) is 76.4 Å². The Hall–Kier alpha value is -3.32. The van der Waals surface area contributed by atoms with Gasteiger partial charge in [-0.25, -0.2) is 4.79 Å². The highest BCUT2D eigenvalue weighted by atomic mass is 19.4. The summed E-state index contributed by atoms with van der Waals surface area (Å²) < 4.78 is 74.3. The lowest BCUT2D eigenvalue weighted by atomic mass is 9.89. The fourth-order valence-corrected chi connectivity index (χ4v) is 4.14. The minimum atomic E-state index is -4.75. The van der Waals surface area contributed by atoms with Crippen LogP contribution in [0, 0.1) is 0 Å². The number of carbonyl (C=O) groups is 2. The van der Waals surface area contributed by atoms with Gasteiger partial charge in [0.05, 0.1) is 35.4 Å². The van der Waals surface area contributed by atoms with E-state index in [-0.39, 0.29) is 23.6 Å². The Morgan fingerprint density at radius 1 is 1.23 bits per heavy atom. The second-order valence-corrected chi connectivity index (χ2v) is 8.90. The van der Waals surface area contributed by atoms with Crippen LogP contribution in [0.2, 0.25) is 0 Å². The number of ether oxygens (including phenoxy) is 1. The molecule has 14 heteroatoms. The van der Waals surface area contributed by atoms with Gasteiger partial charge in [-0.05, 0) is 32.8 Å². The van der Waals surface area contributed by atoms with Crippen LogP contribution in [0.4, 0.5) is 26.7 Å². The molecule has 1 aliphatic carbocycles. The van der Waals surface area contributed by atoms with E-state index < -0.39 is 48.2 Å². The van der Waals surface area contributed by atoms with E-state index in [0.29, 0.717) is 25.0 Å². The molecule has 4 rings (SSSR count). The van der Waals surface area contributed by atoms with Crippen molar-refractivity contribution in [2.24, 2.45) is 0 Å². The lowest BCUT2D eigenvalue weighted by molar-refractivity contribution is -0.244.